The Morgan fingerprint density at radius 1 is 0.558 bits per heavy atom. The SMILES string of the molecule is CCCCCCCN1C(=O)C2=CCC/C=C\C3=C(c4ccc(-c5ccc6c7c(cccc57)C(=O)N(CCCCCCC)C6=O)cc4)CCC(=C23)C1=O. The molecule has 2 aliphatic heterocycles. The fourth-order valence-electron chi connectivity index (χ4n) is 8.45. The molecule has 0 radical (unpaired) electrons. The second-order valence-electron chi connectivity index (χ2n) is 14.7. The van der Waals surface area contributed by atoms with Crippen molar-refractivity contribution < 1.29 is 19.2 Å². The van der Waals surface area contributed by atoms with Gasteiger partial charge in [-0.1, -0.05) is 126 Å². The van der Waals surface area contributed by atoms with Gasteiger partial charge in [-0.3, -0.25) is 29.0 Å². The molecule has 6 heteroatoms. The molecule has 2 heterocycles. The predicted molar refractivity (Wildman–Crippen MR) is 209 cm³/mol. The van der Waals surface area contributed by atoms with Gasteiger partial charge in [-0.15, -0.1) is 0 Å². The molecule has 0 saturated carbocycles. The first-order valence-corrected chi connectivity index (χ1v) is 19.7. The number of carbonyl (C=O) groups is 4. The van der Waals surface area contributed by atoms with Crippen molar-refractivity contribution in [2.24, 2.45) is 0 Å². The topological polar surface area (TPSA) is 74.8 Å². The van der Waals surface area contributed by atoms with Gasteiger partial charge in [-0.05, 0) is 83.9 Å². The van der Waals surface area contributed by atoms with Gasteiger partial charge in [0.1, 0.15) is 0 Å². The lowest BCUT2D eigenvalue weighted by Crippen LogP contribution is -2.44. The van der Waals surface area contributed by atoms with Crippen LogP contribution < -0.4 is 0 Å². The van der Waals surface area contributed by atoms with Gasteiger partial charge < -0.3 is 0 Å². The number of amides is 4. The molecule has 2 aliphatic carbocycles. The Hall–Kier alpha value is -4.84. The zero-order chi connectivity index (χ0) is 36.2. The fourth-order valence-corrected chi connectivity index (χ4v) is 8.45. The third-order valence-electron chi connectivity index (χ3n) is 11.2. The summed E-state index contributed by atoms with van der Waals surface area (Å²) in [4.78, 5) is 57.8. The predicted octanol–water partition coefficient (Wildman–Crippen LogP) is 10.5. The molecule has 3 aromatic rings. The van der Waals surface area contributed by atoms with Gasteiger partial charge in [0, 0.05) is 46.3 Å². The number of benzene rings is 3. The van der Waals surface area contributed by atoms with Crippen LogP contribution in [-0.2, 0) is 9.59 Å². The minimum atomic E-state index is -0.207. The Bertz CT molecular complexity index is 2020. The molecule has 3 aromatic carbocycles. The average molecular weight is 695 g/mol. The van der Waals surface area contributed by atoms with Crippen LogP contribution in [0.25, 0.3) is 27.5 Å². The zero-order valence-corrected chi connectivity index (χ0v) is 30.8. The monoisotopic (exact) mass is 694 g/mol. The summed E-state index contributed by atoms with van der Waals surface area (Å²) in [7, 11) is 0. The van der Waals surface area contributed by atoms with Crippen LogP contribution in [0, 0.1) is 0 Å². The highest BCUT2D eigenvalue weighted by Gasteiger charge is 2.40. The van der Waals surface area contributed by atoms with Crippen LogP contribution in [-0.4, -0.2) is 46.5 Å². The van der Waals surface area contributed by atoms with E-state index >= 15 is 0 Å². The highest BCUT2D eigenvalue weighted by molar-refractivity contribution is 6.27. The normalized spacial score (nSPS) is 17.8. The number of rotatable bonds is 14. The zero-order valence-electron chi connectivity index (χ0n) is 30.8. The Balaban J connectivity index is 1.18. The van der Waals surface area contributed by atoms with Gasteiger partial charge in [0.15, 0.2) is 0 Å². The number of unbranched alkanes of at least 4 members (excludes halogenated alkanes) is 8. The number of allylic oxidation sites excluding steroid dienone is 5. The van der Waals surface area contributed by atoms with Gasteiger partial charge >= 0.3 is 0 Å². The molecule has 7 rings (SSSR count). The van der Waals surface area contributed by atoms with Gasteiger partial charge in [-0.2, -0.15) is 0 Å². The van der Waals surface area contributed by atoms with Crippen molar-refractivity contribution in [1.29, 1.82) is 0 Å². The first-order chi connectivity index (χ1) is 25.4. The Morgan fingerprint density at radius 3 is 1.85 bits per heavy atom. The van der Waals surface area contributed by atoms with Crippen LogP contribution in [0.2, 0.25) is 0 Å². The molecule has 0 atom stereocenters. The number of imide groups is 2. The molecule has 0 saturated heterocycles. The molecule has 52 heavy (non-hydrogen) atoms. The maximum atomic E-state index is 13.9. The van der Waals surface area contributed by atoms with Crippen molar-refractivity contribution in [3.63, 3.8) is 0 Å². The molecule has 0 bridgehead atoms. The van der Waals surface area contributed by atoms with Crippen molar-refractivity contribution in [3.8, 4) is 11.1 Å². The van der Waals surface area contributed by atoms with E-state index in [1.54, 1.807) is 0 Å². The minimum absolute atomic E-state index is 0.122. The van der Waals surface area contributed by atoms with Crippen molar-refractivity contribution in [3.05, 3.63) is 112 Å². The van der Waals surface area contributed by atoms with E-state index in [-0.39, 0.29) is 23.6 Å². The first-order valence-electron chi connectivity index (χ1n) is 19.7. The van der Waals surface area contributed by atoms with E-state index in [0.717, 1.165) is 120 Å². The summed E-state index contributed by atoms with van der Waals surface area (Å²) in [5.41, 5.74) is 8.61. The Morgan fingerprint density at radius 2 is 1.15 bits per heavy atom. The van der Waals surface area contributed by atoms with E-state index in [9.17, 15) is 19.2 Å². The van der Waals surface area contributed by atoms with Gasteiger partial charge in [0.25, 0.3) is 23.6 Å². The van der Waals surface area contributed by atoms with Crippen molar-refractivity contribution in [2.75, 3.05) is 13.1 Å². The van der Waals surface area contributed by atoms with E-state index in [2.05, 4.69) is 50.3 Å². The average Bonchev–Trinajstić information content (AvgIpc) is 3.15. The summed E-state index contributed by atoms with van der Waals surface area (Å²) in [6, 6.07) is 18.1. The smallest absolute Gasteiger partial charge is 0.261 e. The maximum Gasteiger partial charge on any atom is 0.261 e. The van der Waals surface area contributed by atoms with Crippen molar-refractivity contribution >= 4 is 40.0 Å². The summed E-state index contributed by atoms with van der Waals surface area (Å²) in [6.07, 6.45) is 19.9. The van der Waals surface area contributed by atoms with Crippen LogP contribution in [0.3, 0.4) is 0 Å². The van der Waals surface area contributed by atoms with E-state index in [1.165, 1.54) is 22.6 Å². The highest BCUT2D eigenvalue weighted by atomic mass is 16.2. The first kappa shape index (κ1) is 35.6. The summed E-state index contributed by atoms with van der Waals surface area (Å²) < 4.78 is 0. The molecular formula is C46H50N2O4. The second-order valence-corrected chi connectivity index (χ2v) is 14.7. The molecule has 0 spiro atoms. The Labute approximate surface area is 308 Å². The van der Waals surface area contributed by atoms with Gasteiger partial charge in [-0.25, -0.2) is 0 Å². The molecule has 6 nitrogen and oxygen atoms in total. The summed E-state index contributed by atoms with van der Waals surface area (Å²) in [6.45, 7) is 5.29. The maximum absolute atomic E-state index is 13.9. The molecule has 0 unspecified atom stereocenters. The molecule has 0 fully saturated rings. The number of hydrogen-bond donors (Lipinski definition) is 0. The van der Waals surface area contributed by atoms with Crippen molar-refractivity contribution in [1.82, 2.24) is 9.80 Å². The molecule has 0 aromatic heterocycles. The Kier molecular flexibility index (Phi) is 10.8. The van der Waals surface area contributed by atoms with Crippen LogP contribution in [0.4, 0.5) is 0 Å². The van der Waals surface area contributed by atoms with E-state index in [0.29, 0.717) is 36.2 Å². The molecule has 4 amide bonds. The van der Waals surface area contributed by atoms with E-state index < -0.39 is 0 Å². The third kappa shape index (κ3) is 6.64. The van der Waals surface area contributed by atoms with Crippen LogP contribution in [0.15, 0.2) is 95.1 Å². The minimum Gasteiger partial charge on any atom is -0.275 e. The number of carbonyl (C=O) groups excluding carboxylic acids is 4. The van der Waals surface area contributed by atoms with E-state index in [1.807, 2.05) is 36.4 Å². The second kappa shape index (κ2) is 15.8. The molecule has 4 aliphatic rings. The van der Waals surface area contributed by atoms with Crippen LogP contribution in [0.5, 0.6) is 0 Å². The molecule has 268 valence electrons. The highest BCUT2D eigenvalue weighted by Crippen LogP contribution is 2.45. The van der Waals surface area contributed by atoms with E-state index in [4.69, 9.17) is 0 Å². The lowest BCUT2D eigenvalue weighted by Gasteiger charge is -2.35. The lowest BCUT2D eigenvalue weighted by atomic mass is 9.76. The summed E-state index contributed by atoms with van der Waals surface area (Å²) in [5.74, 6) is -0.691. The third-order valence-corrected chi connectivity index (χ3v) is 11.2. The van der Waals surface area contributed by atoms with Crippen LogP contribution in [0.1, 0.15) is 130 Å². The standard InChI is InChI=1S/C46H50N2O4/c1-3-5-7-9-14-29-47-43(49)37-18-13-11-12-17-35-33(25-27-39(41(35)37)45(47)51)31-21-23-32(24-22-31)34-26-28-40-42-36(34)19-16-20-38(42)44(50)48(46(40)52)30-15-10-8-6-4-2/h12,16-24,26,28H,3-11,13-15,25,27,29-30H2,1-2H3/b17-12-,37-18?. The number of nitrogens with zero attached hydrogens (tertiary/aromatic N) is 2. The fraction of sp³-hybridized carbons (Fsp3) is 0.391. The molecule has 0 N–H and O–H groups in total. The summed E-state index contributed by atoms with van der Waals surface area (Å²) >= 11 is 0. The largest absolute Gasteiger partial charge is 0.275 e. The summed E-state index contributed by atoms with van der Waals surface area (Å²) in [5, 5.41) is 1.63. The lowest BCUT2D eigenvalue weighted by molar-refractivity contribution is -0.140. The molecular weight excluding hydrogens is 645 g/mol. The van der Waals surface area contributed by atoms with Crippen molar-refractivity contribution in [2.45, 2.75) is 104 Å². The quantitative estimate of drug-likeness (QED) is 0.124. The van der Waals surface area contributed by atoms with Gasteiger partial charge in [0.05, 0.1) is 0 Å². The van der Waals surface area contributed by atoms with Crippen LogP contribution >= 0.6 is 0 Å². The number of hydrogen-bond acceptors (Lipinski definition) is 4. The van der Waals surface area contributed by atoms with Gasteiger partial charge in [0.2, 0.25) is 0 Å².